The van der Waals surface area contributed by atoms with E-state index in [0.29, 0.717) is 5.69 Å². The molecule has 0 saturated carbocycles. The zero-order valence-corrected chi connectivity index (χ0v) is 10.6. The third-order valence-corrected chi connectivity index (χ3v) is 2.90. The third-order valence-electron chi connectivity index (χ3n) is 2.90. The van der Waals surface area contributed by atoms with E-state index in [-0.39, 0.29) is 0 Å². The normalized spacial score (nSPS) is 10.3. The van der Waals surface area contributed by atoms with Crippen molar-refractivity contribution in [2.75, 3.05) is 23.7 Å². The molecule has 18 heavy (non-hydrogen) atoms. The lowest BCUT2D eigenvalue weighted by Gasteiger charge is -2.21. The van der Waals surface area contributed by atoms with E-state index in [1.165, 1.54) is 5.56 Å². The summed E-state index contributed by atoms with van der Waals surface area (Å²) in [7, 11) is 0. The zero-order chi connectivity index (χ0) is 12.8. The first-order valence-corrected chi connectivity index (χ1v) is 6.15. The topological polar surface area (TPSA) is 55.0 Å². The van der Waals surface area contributed by atoms with E-state index in [1.807, 2.05) is 36.7 Å². The minimum absolute atomic E-state index is 0.698. The van der Waals surface area contributed by atoms with Crippen LogP contribution in [0.3, 0.4) is 0 Å². The summed E-state index contributed by atoms with van der Waals surface area (Å²) in [6.07, 6.45) is 6.34. The molecule has 0 bridgehead atoms. The summed E-state index contributed by atoms with van der Waals surface area (Å²) in [5.74, 6) is 0.973. The highest BCUT2D eigenvalue weighted by Gasteiger charge is 2.05. The van der Waals surface area contributed by atoms with Crippen LogP contribution in [0.1, 0.15) is 12.5 Å². The van der Waals surface area contributed by atoms with Gasteiger partial charge in [-0.2, -0.15) is 0 Å². The molecule has 2 N–H and O–H groups in total. The van der Waals surface area contributed by atoms with Crippen molar-refractivity contribution in [1.29, 1.82) is 0 Å². The van der Waals surface area contributed by atoms with Crippen molar-refractivity contribution in [2.24, 2.45) is 0 Å². The Balaban J connectivity index is 1.99. The SMILES string of the molecule is CCN(CCc1ccncc1)c1ccc(N)cn1. The Kier molecular flexibility index (Phi) is 4.12. The molecule has 0 spiro atoms. The monoisotopic (exact) mass is 242 g/mol. The molecule has 0 unspecified atom stereocenters. The smallest absolute Gasteiger partial charge is 0.128 e. The Bertz CT molecular complexity index is 467. The number of nitrogens with two attached hydrogens (primary N) is 1. The van der Waals surface area contributed by atoms with E-state index in [2.05, 4.69) is 21.8 Å². The minimum atomic E-state index is 0.698. The highest BCUT2D eigenvalue weighted by Crippen LogP contribution is 2.12. The largest absolute Gasteiger partial charge is 0.397 e. The molecule has 0 aromatic carbocycles. The second-order valence-corrected chi connectivity index (χ2v) is 4.13. The van der Waals surface area contributed by atoms with E-state index in [0.717, 1.165) is 25.3 Å². The van der Waals surface area contributed by atoms with E-state index >= 15 is 0 Å². The first kappa shape index (κ1) is 12.4. The van der Waals surface area contributed by atoms with Gasteiger partial charge in [0.2, 0.25) is 0 Å². The molecule has 0 amide bonds. The predicted molar refractivity (Wildman–Crippen MR) is 74.5 cm³/mol. The molecule has 0 radical (unpaired) electrons. The number of hydrogen-bond acceptors (Lipinski definition) is 4. The van der Waals surface area contributed by atoms with Crippen LogP contribution in [-0.2, 0) is 6.42 Å². The van der Waals surface area contributed by atoms with Crippen molar-refractivity contribution in [3.05, 3.63) is 48.4 Å². The van der Waals surface area contributed by atoms with Gasteiger partial charge in [0, 0.05) is 25.5 Å². The van der Waals surface area contributed by atoms with Crippen LogP contribution in [0.5, 0.6) is 0 Å². The lowest BCUT2D eigenvalue weighted by atomic mass is 10.2. The number of nitrogen functional groups attached to an aromatic ring is 1. The lowest BCUT2D eigenvalue weighted by molar-refractivity contribution is 0.794. The number of nitrogens with zero attached hydrogens (tertiary/aromatic N) is 3. The lowest BCUT2D eigenvalue weighted by Crippen LogP contribution is -2.26. The zero-order valence-electron chi connectivity index (χ0n) is 10.6. The fourth-order valence-electron chi connectivity index (χ4n) is 1.83. The Hall–Kier alpha value is -2.10. The second kappa shape index (κ2) is 6.00. The molecular weight excluding hydrogens is 224 g/mol. The molecule has 0 fully saturated rings. The maximum atomic E-state index is 5.65. The average Bonchev–Trinajstić information content (AvgIpc) is 2.42. The van der Waals surface area contributed by atoms with Crippen molar-refractivity contribution in [3.8, 4) is 0 Å². The van der Waals surface area contributed by atoms with Crippen LogP contribution in [0.2, 0.25) is 0 Å². The quantitative estimate of drug-likeness (QED) is 0.872. The van der Waals surface area contributed by atoms with Crippen LogP contribution in [-0.4, -0.2) is 23.1 Å². The molecule has 0 aliphatic rings. The molecule has 0 atom stereocenters. The van der Waals surface area contributed by atoms with Crippen LogP contribution in [0.15, 0.2) is 42.9 Å². The summed E-state index contributed by atoms with van der Waals surface area (Å²) in [6, 6.07) is 7.94. The van der Waals surface area contributed by atoms with Crippen LogP contribution < -0.4 is 10.6 Å². The van der Waals surface area contributed by atoms with Gasteiger partial charge in [-0.15, -0.1) is 0 Å². The Labute approximate surface area is 107 Å². The maximum Gasteiger partial charge on any atom is 0.128 e. The molecule has 4 heteroatoms. The number of aromatic nitrogens is 2. The molecule has 4 nitrogen and oxygen atoms in total. The van der Waals surface area contributed by atoms with Gasteiger partial charge < -0.3 is 10.6 Å². The fourth-order valence-corrected chi connectivity index (χ4v) is 1.83. The molecule has 2 heterocycles. The minimum Gasteiger partial charge on any atom is -0.397 e. The average molecular weight is 242 g/mol. The van der Waals surface area contributed by atoms with E-state index in [9.17, 15) is 0 Å². The van der Waals surface area contributed by atoms with Crippen LogP contribution >= 0.6 is 0 Å². The highest BCUT2D eigenvalue weighted by molar-refractivity contribution is 5.45. The van der Waals surface area contributed by atoms with Crippen molar-refractivity contribution in [1.82, 2.24) is 9.97 Å². The number of likely N-dealkylation sites (N-methyl/N-ethyl adjacent to an activating group) is 1. The van der Waals surface area contributed by atoms with E-state index in [1.54, 1.807) is 6.20 Å². The number of pyridine rings is 2. The molecule has 2 aromatic rings. The van der Waals surface area contributed by atoms with Gasteiger partial charge in [0.1, 0.15) is 5.82 Å². The highest BCUT2D eigenvalue weighted by atomic mass is 15.2. The van der Waals surface area contributed by atoms with Crippen molar-refractivity contribution >= 4 is 11.5 Å². The molecule has 2 rings (SSSR count). The summed E-state index contributed by atoms with van der Waals surface area (Å²) in [5.41, 5.74) is 7.63. The summed E-state index contributed by atoms with van der Waals surface area (Å²) >= 11 is 0. The van der Waals surface area contributed by atoms with Gasteiger partial charge in [-0.3, -0.25) is 4.98 Å². The molecule has 0 aliphatic heterocycles. The van der Waals surface area contributed by atoms with Crippen LogP contribution in [0, 0.1) is 0 Å². The molecule has 0 aliphatic carbocycles. The van der Waals surface area contributed by atoms with Gasteiger partial charge in [-0.05, 0) is 43.2 Å². The van der Waals surface area contributed by atoms with Gasteiger partial charge in [0.25, 0.3) is 0 Å². The van der Waals surface area contributed by atoms with Crippen molar-refractivity contribution in [2.45, 2.75) is 13.3 Å². The number of rotatable bonds is 5. The third kappa shape index (κ3) is 3.20. The number of anilines is 2. The Morgan fingerprint density at radius 1 is 1.17 bits per heavy atom. The summed E-state index contributed by atoms with van der Waals surface area (Å²) < 4.78 is 0. The summed E-state index contributed by atoms with van der Waals surface area (Å²) in [4.78, 5) is 10.6. The number of hydrogen-bond donors (Lipinski definition) is 1. The summed E-state index contributed by atoms with van der Waals surface area (Å²) in [5, 5.41) is 0. The first-order valence-electron chi connectivity index (χ1n) is 6.15. The fraction of sp³-hybridized carbons (Fsp3) is 0.286. The van der Waals surface area contributed by atoms with Crippen LogP contribution in [0.25, 0.3) is 0 Å². The Morgan fingerprint density at radius 3 is 2.56 bits per heavy atom. The van der Waals surface area contributed by atoms with Gasteiger partial charge >= 0.3 is 0 Å². The van der Waals surface area contributed by atoms with Crippen molar-refractivity contribution in [3.63, 3.8) is 0 Å². The molecule has 94 valence electrons. The van der Waals surface area contributed by atoms with Gasteiger partial charge in [-0.25, -0.2) is 4.98 Å². The Morgan fingerprint density at radius 2 is 1.94 bits per heavy atom. The van der Waals surface area contributed by atoms with Gasteiger partial charge in [0.15, 0.2) is 0 Å². The molecule has 2 aromatic heterocycles. The van der Waals surface area contributed by atoms with E-state index < -0.39 is 0 Å². The van der Waals surface area contributed by atoms with Gasteiger partial charge in [0.05, 0.1) is 11.9 Å². The predicted octanol–water partition coefficient (Wildman–Crippen LogP) is 2.13. The first-order chi connectivity index (χ1) is 8.79. The maximum absolute atomic E-state index is 5.65. The molecule has 0 saturated heterocycles. The molecular formula is C14H18N4. The van der Waals surface area contributed by atoms with E-state index in [4.69, 9.17) is 5.73 Å². The van der Waals surface area contributed by atoms with Crippen LogP contribution in [0.4, 0.5) is 11.5 Å². The van der Waals surface area contributed by atoms with Gasteiger partial charge in [-0.1, -0.05) is 0 Å². The summed E-state index contributed by atoms with van der Waals surface area (Å²) in [6.45, 7) is 4.00. The van der Waals surface area contributed by atoms with Crippen molar-refractivity contribution < 1.29 is 0 Å². The second-order valence-electron chi connectivity index (χ2n) is 4.13. The standard InChI is InChI=1S/C14H18N4/c1-2-18(14-4-3-13(15)11-17-14)10-7-12-5-8-16-9-6-12/h3-6,8-9,11H,2,7,10,15H2,1H3.